The molecule has 1 aliphatic rings. The molecule has 0 aromatic rings. The van der Waals surface area contributed by atoms with Gasteiger partial charge in [0.05, 0.1) is 0 Å². The minimum Gasteiger partial charge on any atom is -0.273 e. The molecule has 0 amide bonds. The van der Waals surface area contributed by atoms with E-state index in [0.29, 0.717) is 0 Å². The van der Waals surface area contributed by atoms with Gasteiger partial charge in [-0.15, -0.1) is 0 Å². The Morgan fingerprint density at radius 1 is 1.78 bits per heavy atom. The van der Waals surface area contributed by atoms with E-state index in [1.165, 1.54) is 0 Å². The van der Waals surface area contributed by atoms with E-state index in [9.17, 15) is 0 Å². The van der Waals surface area contributed by atoms with Crippen LogP contribution in [0.15, 0.2) is 17.4 Å². The van der Waals surface area contributed by atoms with Gasteiger partial charge in [-0.1, -0.05) is 13.0 Å². The molecule has 1 rings (SSSR count). The lowest BCUT2D eigenvalue weighted by molar-refractivity contribution is 0.440. The van der Waals surface area contributed by atoms with Gasteiger partial charge >= 0.3 is 0 Å². The maximum Gasteiger partial charge on any atom is 0.0458 e. The zero-order valence-corrected chi connectivity index (χ0v) is 5.75. The normalized spacial score (nSPS) is 18.1. The molecule has 0 bridgehead atoms. The average Bonchev–Trinajstić information content (AvgIpc) is 2.34. The molecule has 0 atom stereocenters. The van der Waals surface area contributed by atoms with E-state index in [1.54, 1.807) is 0 Å². The van der Waals surface area contributed by atoms with Crippen LogP contribution in [0.4, 0.5) is 0 Å². The molecule has 1 aliphatic heterocycles. The molecule has 0 aromatic carbocycles. The Hall–Kier alpha value is -0.790. The van der Waals surface area contributed by atoms with Crippen molar-refractivity contribution in [1.82, 2.24) is 5.01 Å². The van der Waals surface area contributed by atoms with Gasteiger partial charge in [0, 0.05) is 25.4 Å². The lowest BCUT2D eigenvalue weighted by Gasteiger charge is -2.04. The second kappa shape index (κ2) is 3.28. The van der Waals surface area contributed by atoms with Gasteiger partial charge < -0.3 is 0 Å². The maximum absolute atomic E-state index is 4.09. The van der Waals surface area contributed by atoms with Crippen molar-refractivity contribution in [3.63, 3.8) is 0 Å². The second-order valence-electron chi connectivity index (χ2n) is 2.04. The lowest BCUT2D eigenvalue weighted by atomic mass is 10.4. The first-order chi connectivity index (χ1) is 4.43. The van der Waals surface area contributed by atoms with Gasteiger partial charge in [0.2, 0.25) is 0 Å². The van der Waals surface area contributed by atoms with Crippen molar-refractivity contribution in [3.8, 4) is 0 Å². The summed E-state index contributed by atoms with van der Waals surface area (Å²) in [5, 5.41) is 6.06. The molecular formula is C7H12N2. The summed E-state index contributed by atoms with van der Waals surface area (Å²) in [6, 6.07) is 0. The van der Waals surface area contributed by atoms with Crippen LogP contribution in [0, 0.1) is 0 Å². The van der Waals surface area contributed by atoms with Crippen molar-refractivity contribution >= 4 is 6.21 Å². The van der Waals surface area contributed by atoms with E-state index in [2.05, 4.69) is 18.1 Å². The molecule has 2 heteroatoms. The molecular weight excluding hydrogens is 112 g/mol. The topological polar surface area (TPSA) is 15.6 Å². The quantitative estimate of drug-likeness (QED) is 0.546. The minimum absolute atomic E-state index is 1.05. The largest absolute Gasteiger partial charge is 0.273 e. The van der Waals surface area contributed by atoms with E-state index in [0.717, 1.165) is 19.4 Å². The fourth-order valence-corrected chi connectivity index (χ4v) is 0.750. The molecule has 0 fully saturated rings. The first-order valence-corrected chi connectivity index (χ1v) is 3.39. The zero-order valence-electron chi connectivity index (χ0n) is 5.75. The highest BCUT2D eigenvalue weighted by molar-refractivity contribution is 5.58. The maximum atomic E-state index is 4.09. The van der Waals surface area contributed by atoms with Crippen LogP contribution in [0.5, 0.6) is 0 Å². The third-order valence-corrected chi connectivity index (χ3v) is 1.23. The molecule has 0 radical (unpaired) electrons. The smallest absolute Gasteiger partial charge is 0.0458 e. The van der Waals surface area contributed by atoms with E-state index in [-0.39, 0.29) is 0 Å². The number of allylic oxidation sites excluding steroid dienone is 1. The fourth-order valence-electron chi connectivity index (χ4n) is 0.750. The van der Waals surface area contributed by atoms with Gasteiger partial charge in [-0.3, -0.25) is 5.01 Å². The van der Waals surface area contributed by atoms with E-state index >= 15 is 0 Å². The number of hydrogen-bond acceptors (Lipinski definition) is 2. The third kappa shape index (κ3) is 1.88. The van der Waals surface area contributed by atoms with Crippen LogP contribution in [0.2, 0.25) is 0 Å². The summed E-state index contributed by atoms with van der Waals surface area (Å²) in [5.74, 6) is 0. The van der Waals surface area contributed by atoms with E-state index < -0.39 is 0 Å². The Labute approximate surface area is 55.9 Å². The molecule has 0 saturated carbocycles. The summed E-state index contributed by atoms with van der Waals surface area (Å²) < 4.78 is 0. The molecule has 2 nitrogen and oxygen atoms in total. The Morgan fingerprint density at radius 3 is 3.22 bits per heavy atom. The summed E-state index contributed by atoms with van der Waals surface area (Å²) in [5.41, 5.74) is 0. The van der Waals surface area contributed by atoms with Gasteiger partial charge in [-0.05, 0) is 6.42 Å². The highest BCUT2D eigenvalue weighted by Crippen LogP contribution is 1.99. The van der Waals surface area contributed by atoms with Crippen LogP contribution < -0.4 is 0 Å². The Kier molecular flexibility index (Phi) is 2.31. The van der Waals surface area contributed by atoms with Gasteiger partial charge in [-0.25, -0.2) is 0 Å². The van der Waals surface area contributed by atoms with E-state index in [4.69, 9.17) is 0 Å². The first-order valence-electron chi connectivity index (χ1n) is 3.39. The summed E-state index contributed by atoms with van der Waals surface area (Å²) in [6.45, 7) is 3.17. The van der Waals surface area contributed by atoms with Gasteiger partial charge in [0.25, 0.3) is 0 Å². The van der Waals surface area contributed by atoms with Crippen LogP contribution in [-0.2, 0) is 0 Å². The number of nitrogens with zero attached hydrogens (tertiary/aromatic N) is 2. The van der Waals surface area contributed by atoms with Crippen molar-refractivity contribution in [1.29, 1.82) is 0 Å². The summed E-state index contributed by atoms with van der Waals surface area (Å²) in [4.78, 5) is 0. The van der Waals surface area contributed by atoms with Crippen molar-refractivity contribution in [2.24, 2.45) is 5.10 Å². The molecule has 1 heterocycles. The Bertz CT molecular complexity index is 127. The Morgan fingerprint density at radius 2 is 2.67 bits per heavy atom. The van der Waals surface area contributed by atoms with E-state index in [1.807, 2.05) is 17.4 Å². The molecule has 0 aromatic heterocycles. The second-order valence-corrected chi connectivity index (χ2v) is 2.04. The summed E-state index contributed by atoms with van der Waals surface area (Å²) in [6.07, 6.45) is 8.27. The molecule has 50 valence electrons. The zero-order chi connectivity index (χ0) is 6.53. The number of hydrogen-bond donors (Lipinski definition) is 0. The SMILES string of the molecule is CC/C=C\N1CCC=N1. The average molecular weight is 124 g/mol. The van der Waals surface area contributed by atoms with Gasteiger partial charge in [-0.2, -0.15) is 5.10 Å². The molecule has 0 saturated heterocycles. The summed E-state index contributed by atoms with van der Waals surface area (Å²) >= 11 is 0. The van der Waals surface area contributed by atoms with Crippen LogP contribution in [0.1, 0.15) is 19.8 Å². The lowest BCUT2D eigenvalue weighted by Crippen LogP contribution is -2.03. The fraction of sp³-hybridized carbons (Fsp3) is 0.571. The molecule has 0 aliphatic carbocycles. The highest BCUT2D eigenvalue weighted by atomic mass is 15.4. The van der Waals surface area contributed by atoms with Crippen LogP contribution in [0.3, 0.4) is 0 Å². The van der Waals surface area contributed by atoms with Gasteiger partial charge in [0.15, 0.2) is 0 Å². The molecule has 0 unspecified atom stereocenters. The predicted octanol–water partition coefficient (Wildman–Crippen LogP) is 1.60. The third-order valence-electron chi connectivity index (χ3n) is 1.23. The monoisotopic (exact) mass is 124 g/mol. The van der Waals surface area contributed by atoms with Crippen LogP contribution in [0.25, 0.3) is 0 Å². The Balaban J connectivity index is 2.27. The van der Waals surface area contributed by atoms with Crippen LogP contribution in [-0.4, -0.2) is 17.8 Å². The van der Waals surface area contributed by atoms with Crippen molar-refractivity contribution in [2.75, 3.05) is 6.54 Å². The van der Waals surface area contributed by atoms with Gasteiger partial charge in [0.1, 0.15) is 0 Å². The standard InChI is InChI=1S/C7H12N2/c1-2-3-6-9-7-4-5-8-9/h3,5-6H,2,4,7H2,1H3/b6-3-. The van der Waals surface area contributed by atoms with Crippen molar-refractivity contribution < 1.29 is 0 Å². The minimum atomic E-state index is 1.05. The molecule has 9 heavy (non-hydrogen) atoms. The molecule has 0 spiro atoms. The summed E-state index contributed by atoms with van der Waals surface area (Å²) in [7, 11) is 0. The van der Waals surface area contributed by atoms with Crippen molar-refractivity contribution in [3.05, 3.63) is 12.3 Å². The van der Waals surface area contributed by atoms with Crippen LogP contribution >= 0.6 is 0 Å². The first kappa shape index (κ1) is 6.33. The predicted molar refractivity (Wildman–Crippen MR) is 39.2 cm³/mol. The molecule has 0 N–H and O–H groups in total. The van der Waals surface area contributed by atoms with Crippen molar-refractivity contribution in [2.45, 2.75) is 19.8 Å². The highest BCUT2D eigenvalue weighted by Gasteiger charge is 1.98. The number of hydrazone groups is 1. The number of rotatable bonds is 2.